The number of H-pyrrole nitrogens is 2. The number of nitrogens with two attached hydrogens (primary N) is 4. The number of primary amides is 1. The summed E-state index contributed by atoms with van der Waals surface area (Å²) in [5.41, 5.74) is 23.0. The number of carbonyl (C=O) groups is 9. The number of nitrogens with zero attached hydrogens (tertiary/aromatic N) is 5. The Hall–Kier alpha value is -7.12. The molecule has 7 unspecified atom stereocenters. The molecular weight excluding hydrogens is 818 g/mol. The number of likely N-dealkylation sites (tertiary alicyclic amines) is 2. The van der Waals surface area contributed by atoms with Crippen molar-refractivity contribution in [2.24, 2.45) is 27.9 Å². The molecule has 2 aromatic rings. The van der Waals surface area contributed by atoms with Crippen molar-refractivity contribution < 1.29 is 53.4 Å². The molecule has 0 bridgehead atoms. The lowest BCUT2D eigenvalue weighted by Crippen LogP contribution is -2.60. The van der Waals surface area contributed by atoms with E-state index in [2.05, 4.69) is 46.2 Å². The highest BCUT2D eigenvalue weighted by molar-refractivity contribution is 5.99. The van der Waals surface area contributed by atoms with Gasteiger partial charge in [-0.05, 0) is 38.5 Å². The Morgan fingerprint density at radius 3 is 1.76 bits per heavy atom. The Morgan fingerprint density at radius 1 is 0.726 bits per heavy atom. The number of guanidine groups is 1. The molecule has 16 N–H and O–H groups in total. The van der Waals surface area contributed by atoms with Crippen molar-refractivity contribution in [2.75, 3.05) is 19.6 Å². The number of aliphatic carboxylic acids is 2. The van der Waals surface area contributed by atoms with Gasteiger partial charge in [0.15, 0.2) is 5.96 Å². The third-order valence-electron chi connectivity index (χ3n) is 10.2. The van der Waals surface area contributed by atoms with Crippen LogP contribution in [0, 0.1) is 0 Å². The molecule has 26 heteroatoms. The van der Waals surface area contributed by atoms with Gasteiger partial charge in [-0.2, -0.15) is 0 Å². The predicted octanol–water partition coefficient (Wildman–Crippen LogP) is -5.35. The van der Waals surface area contributed by atoms with Gasteiger partial charge in [-0.15, -0.1) is 0 Å². The van der Waals surface area contributed by atoms with E-state index in [0.717, 1.165) is 4.90 Å². The molecule has 4 rings (SSSR count). The third-order valence-corrected chi connectivity index (χ3v) is 10.2. The summed E-state index contributed by atoms with van der Waals surface area (Å²) >= 11 is 0. The van der Waals surface area contributed by atoms with Gasteiger partial charge in [-0.3, -0.25) is 43.3 Å². The summed E-state index contributed by atoms with van der Waals surface area (Å²) in [5.74, 6) is -9.05. The molecule has 2 aliphatic heterocycles. The highest BCUT2D eigenvalue weighted by Gasteiger charge is 2.43. The number of imidazole rings is 2. The van der Waals surface area contributed by atoms with E-state index >= 15 is 0 Å². The van der Waals surface area contributed by atoms with Crippen molar-refractivity contribution >= 4 is 59.2 Å². The lowest BCUT2D eigenvalue weighted by molar-refractivity contribution is -0.146. The Labute approximate surface area is 353 Å². The molecule has 62 heavy (non-hydrogen) atoms. The SMILES string of the molecule is NC(=O)CC(NC(=O)C1CCCN1C(=O)C(Cc1cnc[nH]1)NC(=O)C(CC(=O)O)NC(=O)C(N)Cc1cnc[nH]1)C(=O)N1CCCC1C(=O)NC(CCCN=C(N)N)C(=O)O. The largest absolute Gasteiger partial charge is 0.481 e. The number of aromatic amines is 2. The topological polar surface area (TPSA) is 422 Å². The number of nitrogens with one attached hydrogen (secondary N) is 6. The van der Waals surface area contributed by atoms with Gasteiger partial charge >= 0.3 is 11.9 Å². The highest BCUT2D eigenvalue weighted by Crippen LogP contribution is 2.23. The Bertz CT molecular complexity index is 1960. The van der Waals surface area contributed by atoms with Crippen molar-refractivity contribution in [2.45, 2.75) is 107 Å². The van der Waals surface area contributed by atoms with E-state index in [4.69, 9.17) is 22.9 Å². The van der Waals surface area contributed by atoms with Gasteiger partial charge in [-0.25, -0.2) is 14.8 Å². The van der Waals surface area contributed by atoms with Gasteiger partial charge in [0.2, 0.25) is 41.4 Å². The van der Waals surface area contributed by atoms with Gasteiger partial charge in [0.1, 0.15) is 36.3 Å². The molecule has 26 nitrogen and oxygen atoms in total. The molecule has 0 saturated carbocycles. The number of amides is 7. The van der Waals surface area contributed by atoms with Crippen LogP contribution in [0.3, 0.4) is 0 Å². The van der Waals surface area contributed by atoms with Gasteiger partial charge in [0, 0.05) is 56.3 Å². The zero-order chi connectivity index (χ0) is 45.5. The fraction of sp³-hybridized carbons (Fsp3) is 0.556. The monoisotopic (exact) mass is 871 g/mol. The number of aliphatic imine (C=N–C) groups is 1. The minimum absolute atomic E-state index is 0.0106. The standard InChI is InChI=1S/C36H53N15O11/c37-20(10-18-14-41-16-44-18)29(55)47-22(13-28(53)54)30(56)48-23(11-19-15-42-17-45-19)33(59)50-8-3-6-26(50)32(58)49-24(12-27(38)52)34(60)51-9-2-5-25(51)31(57)46-21(35(61)62)4-1-7-43-36(39)40/h14-17,20-26H,1-13,37H2,(H2,38,52)(H,41,44)(H,42,45)(H,46,57)(H,47,55)(H,48,56)(H,49,58)(H,53,54)(H,61,62)(H4,39,40,43). The lowest BCUT2D eigenvalue weighted by atomic mass is 10.1. The van der Waals surface area contributed by atoms with E-state index < -0.39 is 108 Å². The first-order chi connectivity index (χ1) is 29.4. The second-order valence-electron chi connectivity index (χ2n) is 14.8. The van der Waals surface area contributed by atoms with Crippen LogP contribution in [0.25, 0.3) is 0 Å². The van der Waals surface area contributed by atoms with Crippen LogP contribution in [0.15, 0.2) is 30.0 Å². The van der Waals surface area contributed by atoms with E-state index in [1.54, 1.807) is 0 Å². The first-order valence-corrected chi connectivity index (χ1v) is 19.8. The van der Waals surface area contributed by atoms with E-state index in [1.807, 2.05) is 0 Å². The van der Waals surface area contributed by atoms with E-state index in [1.165, 1.54) is 29.9 Å². The maximum absolute atomic E-state index is 14.3. The van der Waals surface area contributed by atoms with E-state index in [0.29, 0.717) is 24.2 Å². The van der Waals surface area contributed by atoms with Crippen molar-refractivity contribution in [3.63, 3.8) is 0 Å². The maximum Gasteiger partial charge on any atom is 0.326 e. The minimum Gasteiger partial charge on any atom is -0.481 e. The summed E-state index contributed by atoms with van der Waals surface area (Å²) in [6.45, 7) is 0.168. The summed E-state index contributed by atoms with van der Waals surface area (Å²) in [6.07, 6.45) is 4.85. The zero-order valence-electron chi connectivity index (χ0n) is 33.7. The number of carboxylic acid groups (broad SMARTS) is 2. The molecule has 2 aromatic heterocycles. The second-order valence-corrected chi connectivity index (χ2v) is 14.8. The molecule has 0 aliphatic carbocycles. The third kappa shape index (κ3) is 13.7. The summed E-state index contributed by atoms with van der Waals surface area (Å²) in [6, 6.07) is -9.60. The minimum atomic E-state index is -1.68. The molecule has 0 radical (unpaired) electrons. The van der Waals surface area contributed by atoms with Crippen LogP contribution in [0.2, 0.25) is 0 Å². The number of carboxylic acids is 2. The van der Waals surface area contributed by atoms with Crippen molar-refractivity contribution in [3.05, 3.63) is 36.4 Å². The summed E-state index contributed by atoms with van der Waals surface area (Å²) in [5, 5.41) is 29.1. The molecule has 4 heterocycles. The van der Waals surface area contributed by atoms with E-state index in [9.17, 15) is 53.4 Å². The van der Waals surface area contributed by atoms with Gasteiger partial charge < -0.3 is 74.2 Å². The zero-order valence-corrected chi connectivity index (χ0v) is 33.7. The fourth-order valence-electron chi connectivity index (χ4n) is 7.18. The second kappa shape index (κ2) is 22.5. The normalized spacial score (nSPS) is 18.3. The molecule has 0 spiro atoms. The number of aromatic nitrogens is 4. The van der Waals surface area contributed by atoms with Crippen LogP contribution in [0.5, 0.6) is 0 Å². The van der Waals surface area contributed by atoms with Crippen LogP contribution in [0.4, 0.5) is 0 Å². The highest BCUT2D eigenvalue weighted by atomic mass is 16.4. The van der Waals surface area contributed by atoms with Crippen LogP contribution in [-0.2, 0) is 56.0 Å². The summed E-state index contributed by atoms with van der Waals surface area (Å²) in [4.78, 5) is 137. The maximum atomic E-state index is 14.3. The van der Waals surface area contributed by atoms with Crippen molar-refractivity contribution in [3.8, 4) is 0 Å². The number of carbonyl (C=O) groups excluding carboxylic acids is 7. The molecule has 2 fully saturated rings. The number of rotatable bonds is 23. The van der Waals surface area contributed by atoms with Crippen molar-refractivity contribution in [1.29, 1.82) is 0 Å². The quantitative estimate of drug-likeness (QED) is 0.0282. The fourth-order valence-corrected chi connectivity index (χ4v) is 7.18. The molecule has 338 valence electrons. The lowest BCUT2D eigenvalue weighted by Gasteiger charge is -2.32. The van der Waals surface area contributed by atoms with Gasteiger partial charge in [0.05, 0.1) is 31.5 Å². The van der Waals surface area contributed by atoms with Crippen LogP contribution >= 0.6 is 0 Å². The molecule has 7 amide bonds. The van der Waals surface area contributed by atoms with Crippen molar-refractivity contribution in [1.82, 2.24) is 51.0 Å². The molecular formula is C36H53N15O11. The summed E-state index contributed by atoms with van der Waals surface area (Å²) in [7, 11) is 0. The smallest absolute Gasteiger partial charge is 0.326 e. The van der Waals surface area contributed by atoms with Gasteiger partial charge in [-0.1, -0.05) is 0 Å². The average Bonchev–Trinajstić information content (AvgIpc) is 4.05. The Balaban J connectivity index is 1.48. The molecule has 2 aliphatic rings. The van der Waals surface area contributed by atoms with E-state index in [-0.39, 0.29) is 64.1 Å². The molecule has 7 atom stereocenters. The van der Waals surface area contributed by atoms with Crippen LogP contribution < -0.4 is 44.2 Å². The summed E-state index contributed by atoms with van der Waals surface area (Å²) < 4.78 is 0. The number of hydrogen-bond acceptors (Lipinski definition) is 13. The predicted molar refractivity (Wildman–Crippen MR) is 213 cm³/mol. The van der Waals surface area contributed by atoms with Crippen LogP contribution in [0.1, 0.15) is 62.8 Å². The average molecular weight is 872 g/mol. The van der Waals surface area contributed by atoms with Crippen LogP contribution in [-0.4, -0.2) is 161 Å². The first-order valence-electron chi connectivity index (χ1n) is 19.8. The molecule has 0 aromatic carbocycles. The Kier molecular flexibility index (Phi) is 17.2. The number of hydrogen-bond donors (Lipinski definition) is 12. The van der Waals surface area contributed by atoms with Gasteiger partial charge in [0.25, 0.3) is 0 Å². The first kappa shape index (κ1) is 47.6. The molecule has 2 saturated heterocycles. The Morgan fingerprint density at radius 2 is 1.26 bits per heavy atom.